The number of aromatic hydroxyl groups is 1. The van der Waals surface area contributed by atoms with Crippen LogP contribution < -0.4 is 4.74 Å². The van der Waals surface area contributed by atoms with E-state index >= 15 is 0 Å². The van der Waals surface area contributed by atoms with Gasteiger partial charge in [-0.25, -0.2) is 15.0 Å². The molecule has 162 valence electrons. The first kappa shape index (κ1) is 21.5. The van der Waals surface area contributed by atoms with Gasteiger partial charge >= 0.3 is 0 Å². The molecule has 5 heteroatoms. The number of hydrogen-bond acceptors (Lipinski definition) is 5. The fourth-order valence-electron chi connectivity index (χ4n) is 3.52. The molecular formula is C27H27N3O2. The average molecular weight is 426 g/mol. The summed E-state index contributed by atoms with van der Waals surface area (Å²) in [7, 11) is 0. The van der Waals surface area contributed by atoms with E-state index < -0.39 is 0 Å². The van der Waals surface area contributed by atoms with Crippen molar-refractivity contribution in [3.05, 3.63) is 90.8 Å². The number of hydrogen-bond donors (Lipinski definition) is 1. The number of nitrogens with zero attached hydrogens (tertiary/aromatic N) is 3. The highest BCUT2D eigenvalue weighted by atomic mass is 16.5. The standard InChI is InChI=1S/C27H27N3O2/c1-2-3-11-22(19-32-24-17-10-16-23(31)18-24)27-29-25(20-12-6-4-7-13-20)28-26(30-27)21-14-8-5-9-15-21/h4-10,12-18,22,31H,2-3,11,19H2,1H3. The van der Waals surface area contributed by atoms with Crippen LogP contribution in [0.1, 0.15) is 37.9 Å². The smallest absolute Gasteiger partial charge is 0.163 e. The molecule has 0 saturated heterocycles. The Labute approximate surface area is 188 Å². The molecule has 0 saturated carbocycles. The third-order valence-corrected chi connectivity index (χ3v) is 5.26. The van der Waals surface area contributed by atoms with Crippen LogP contribution in [0.25, 0.3) is 22.8 Å². The maximum absolute atomic E-state index is 9.75. The number of unbranched alkanes of at least 4 members (excludes halogenated alkanes) is 1. The Morgan fingerprint density at radius 2 is 1.41 bits per heavy atom. The molecule has 0 bridgehead atoms. The average Bonchev–Trinajstić information content (AvgIpc) is 2.85. The van der Waals surface area contributed by atoms with E-state index in [1.165, 1.54) is 0 Å². The van der Waals surface area contributed by atoms with Gasteiger partial charge in [0.15, 0.2) is 11.6 Å². The monoisotopic (exact) mass is 425 g/mol. The number of aromatic nitrogens is 3. The van der Waals surface area contributed by atoms with Crippen molar-refractivity contribution in [1.29, 1.82) is 0 Å². The summed E-state index contributed by atoms with van der Waals surface area (Å²) < 4.78 is 6.03. The Bertz CT molecular complexity index is 1080. The minimum atomic E-state index is 0.00484. The summed E-state index contributed by atoms with van der Waals surface area (Å²) in [5.41, 5.74) is 1.91. The van der Waals surface area contributed by atoms with Crippen molar-refractivity contribution >= 4 is 0 Å². The van der Waals surface area contributed by atoms with E-state index in [1.54, 1.807) is 18.2 Å². The minimum absolute atomic E-state index is 0.00484. The number of ether oxygens (including phenoxy) is 1. The molecule has 0 amide bonds. The summed E-state index contributed by atoms with van der Waals surface area (Å²) in [4.78, 5) is 14.5. The predicted molar refractivity (Wildman–Crippen MR) is 127 cm³/mol. The molecule has 4 aromatic rings. The quantitative estimate of drug-likeness (QED) is 0.343. The van der Waals surface area contributed by atoms with Crippen LogP contribution in [0.3, 0.4) is 0 Å². The van der Waals surface area contributed by atoms with Gasteiger partial charge in [-0.05, 0) is 18.6 Å². The fourth-order valence-corrected chi connectivity index (χ4v) is 3.52. The molecule has 32 heavy (non-hydrogen) atoms. The lowest BCUT2D eigenvalue weighted by atomic mass is 10.0. The van der Waals surface area contributed by atoms with Gasteiger partial charge in [-0.1, -0.05) is 86.5 Å². The van der Waals surface area contributed by atoms with Crippen LogP contribution in [0.5, 0.6) is 11.5 Å². The number of benzene rings is 3. The van der Waals surface area contributed by atoms with Crippen molar-refractivity contribution in [2.45, 2.75) is 32.1 Å². The zero-order valence-corrected chi connectivity index (χ0v) is 18.2. The van der Waals surface area contributed by atoms with E-state index in [9.17, 15) is 5.11 Å². The zero-order valence-electron chi connectivity index (χ0n) is 18.2. The third-order valence-electron chi connectivity index (χ3n) is 5.26. The number of phenolic OH excluding ortho intramolecular Hbond substituents is 1. The zero-order chi connectivity index (χ0) is 22.2. The molecule has 1 aromatic heterocycles. The van der Waals surface area contributed by atoms with Crippen LogP contribution in [0.4, 0.5) is 0 Å². The molecular weight excluding hydrogens is 398 g/mol. The highest BCUT2D eigenvalue weighted by molar-refractivity contribution is 5.60. The Balaban J connectivity index is 1.71. The van der Waals surface area contributed by atoms with E-state index in [1.807, 2.05) is 66.7 Å². The molecule has 0 aliphatic rings. The SMILES string of the molecule is CCCCC(COc1cccc(O)c1)c1nc(-c2ccccc2)nc(-c2ccccc2)n1. The molecule has 3 aromatic carbocycles. The van der Waals surface area contributed by atoms with E-state index in [-0.39, 0.29) is 11.7 Å². The highest BCUT2D eigenvalue weighted by Gasteiger charge is 2.19. The first-order valence-corrected chi connectivity index (χ1v) is 11.0. The van der Waals surface area contributed by atoms with Gasteiger partial charge in [-0.15, -0.1) is 0 Å². The second-order valence-electron chi connectivity index (χ2n) is 7.72. The van der Waals surface area contributed by atoms with Crippen LogP contribution in [0.15, 0.2) is 84.9 Å². The molecule has 0 fully saturated rings. The topological polar surface area (TPSA) is 68.1 Å². The van der Waals surface area contributed by atoms with Gasteiger partial charge in [0.25, 0.3) is 0 Å². The maximum Gasteiger partial charge on any atom is 0.163 e. The Hall–Kier alpha value is -3.73. The molecule has 0 aliphatic heterocycles. The van der Waals surface area contributed by atoms with Crippen LogP contribution in [-0.4, -0.2) is 26.7 Å². The van der Waals surface area contributed by atoms with Crippen LogP contribution >= 0.6 is 0 Å². The summed E-state index contributed by atoms with van der Waals surface area (Å²) in [6, 6.07) is 26.8. The van der Waals surface area contributed by atoms with Crippen molar-refractivity contribution in [2.75, 3.05) is 6.61 Å². The van der Waals surface area contributed by atoms with Crippen LogP contribution in [0.2, 0.25) is 0 Å². The lowest BCUT2D eigenvalue weighted by Crippen LogP contribution is -2.15. The second-order valence-corrected chi connectivity index (χ2v) is 7.72. The summed E-state index contributed by atoms with van der Waals surface area (Å²) in [5, 5.41) is 9.75. The normalized spacial score (nSPS) is 11.8. The molecule has 0 radical (unpaired) electrons. The van der Waals surface area contributed by atoms with Crippen molar-refractivity contribution in [1.82, 2.24) is 15.0 Å². The third kappa shape index (κ3) is 5.49. The van der Waals surface area contributed by atoms with Crippen LogP contribution in [0, 0.1) is 0 Å². The summed E-state index contributed by atoms with van der Waals surface area (Å²) in [6.45, 7) is 2.60. The van der Waals surface area contributed by atoms with Crippen molar-refractivity contribution in [3.63, 3.8) is 0 Å². The van der Waals surface area contributed by atoms with E-state index in [0.29, 0.717) is 24.0 Å². The largest absolute Gasteiger partial charge is 0.508 e. The van der Waals surface area contributed by atoms with E-state index in [0.717, 1.165) is 36.2 Å². The molecule has 1 unspecified atom stereocenters. The van der Waals surface area contributed by atoms with Gasteiger partial charge in [0.1, 0.15) is 17.3 Å². The maximum atomic E-state index is 9.75. The number of rotatable bonds is 9. The van der Waals surface area contributed by atoms with Crippen LogP contribution in [-0.2, 0) is 0 Å². The molecule has 4 rings (SSSR count). The van der Waals surface area contributed by atoms with Crippen molar-refractivity contribution in [2.24, 2.45) is 0 Å². The predicted octanol–water partition coefficient (Wildman–Crippen LogP) is 6.26. The van der Waals surface area contributed by atoms with Gasteiger partial charge < -0.3 is 9.84 Å². The summed E-state index contributed by atoms with van der Waals surface area (Å²) in [5.74, 6) is 2.87. The van der Waals surface area contributed by atoms with Crippen molar-refractivity contribution in [3.8, 4) is 34.3 Å². The Morgan fingerprint density at radius 3 is 1.97 bits per heavy atom. The summed E-state index contributed by atoms with van der Waals surface area (Å²) in [6.07, 6.45) is 3.02. The molecule has 5 nitrogen and oxygen atoms in total. The van der Waals surface area contributed by atoms with Gasteiger partial charge in [-0.3, -0.25) is 0 Å². The van der Waals surface area contributed by atoms with Gasteiger partial charge in [-0.2, -0.15) is 0 Å². The molecule has 0 aliphatic carbocycles. The second kappa shape index (κ2) is 10.5. The van der Waals surface area contributed by atoms with Gasteiger partial charge in [0.05, 0.1) is 12.5 Å². The fraction of sp³-hybridized carbons (Fsp3) is 0.222. The Morgan fingerprint density at radius 1 is 0.781 bits per heavy atom. The highest BCUT2D eigenvalue weighted by Crippen LogP contribution is 2.27. The summed E-state index contributed by atoms with van der Waals surface area (Å²) >= 11 is 0. The van der Waals surface area contributed by atoms with Crippen molar-refractivity contribution < 1.29 is 9.84 Å². The molecule has 1 heterocycles. The van der Waals surface area contributed by atoms with E-state index in [2.05, 4.69) is 6.92 Å². The number of phenols is 1. The van der Waals surface area contributed by atoms with E-state index in [4.69, 9.17) is 19.7 Å². The first-order chi connectivity index (χ1) is 15.7. The minimum Gasteiger partial charge on any atom is -0.508 e. The molecule has 1 N–H and O–H groups in total. The van der Waals surface area contributed by atoms with Gasteiger partial charge in [0, 0.05) is 17.2 Å². The molecule has 0 spiro atoms. The molecule has 1 atom stereocenters. The lowest BCUT2D eigenvalue weighted by molar-refractivity contribution is 0.273. The lowest BCUT2D eigenvalue weighted by Gasteiger charge is -2.18. The Kier molecular flexibility index (Phi) is 7.08. The first-order valence-electron chi connectivity index (χ1n) is 11.0. The van der Waals surface area contributed by atoms with Gasteiger partial charge in [0.2, 0.25) is 0 Å².